The number of rotatable bonds is 4. The van der Waals surface area contributed by atoms with E-state index in [9.17, 15) is 14.4 Å². The molecule has 4 heteroatoms. The van der Waals surface area contributed by atoms with E-state index in [0.29, 0.717) is 29.8 Å². The number of anilines is 1. The highest BCUT2D eigenvalue weighted by atomic mass is 16.2. The van der Waals surface area contributed by atoms with Gasteiger partial charge in [0.25, 0.3) is 11.7 Å². The van der Waals surface area contributed by atoms with Gasteiger partial charge in [0.05, 0.1) is 11.3 Å². The Kier molecular flexibility index (Phi) is 3.28. The standard InChI is InChI=1S/C14H15NO3/c1-3-5-12(16)9-6-7-11-10(8-9)13(17)14(18)15(11)4-2/h6-8H,3-5H2,1-2H3. The predicted molar refractivity (Wildman–Crippen MR) is 68.0 cm³/mol. The predicted octanol–water partition coefficient (Wildman–Crippen LogP) is 2.22. The second-order valence-electron chi connectivity index (χ2n) is 4.28. The molecule has 1 aliphatic rings. The molecule has 1 aliphatic heterocycles. The highest BCUT2D eigenvalue weighted by Gasteiger charge is 2.35. The Morgan fingerprint density at radius 3 is 2.56 bits per heavy atom. The maximum atomic E-state index is 11.8. The molecule has 0 atom stereocenters. The van der Waals surface area contributed by atoms with Gasteiger partial charge in [-0.25, -0.2) is 0 Å². The zero-order valence-electron chi connectivity index (χ0n) is 10.5. The van der Waals surface area contributed by atoms with E-state index >= 15 is 0 Å². The Balaban J connectivity index is 2.43. The smallest absolute Gasteiger partial charge is 0.299 e. The van der Waals surface area contributed by atoms with Crippen LogP contribution in [-0.4, -0.2) is 24.0 Å². The Morgan fingerprint density at radius 1 is 1.22 bits per heavy atom. The molecular weight excluding hydrogens is 230 g/mol. The van der Waals surface area contributed by atoms with E-state index < -0.39 is 11.7 Å². The van der Waals surface area contributed by atoms with Crippen LogP contribution in [0.4, 0.5) is 5.69 Å². The molecule has 0 radical (unpaired) electrons. The minimum absolute atomic E-state index is 0.00972. The lowest BCUT2D eigenvalue weighted by atomic mass is 10.0. The van der Waals surface area contributed by atoms with Crippen molar-refractivity contribution in [2.45, 2.75) is 26.7 Å². The molecule has 18 heavy (non-hydrogen) atoms. The van der Waals surface area contributed by atoms with Crippen LogP contribution in [0.15, 0.2) is 18.2 Å². The highest BCUT2D eigenvalue weighted by molar-refractivity contribution is 6.52. The van der Waals surface area contributed by atoms with Crippen LogP contribution in [0.3, 0.4) is 0 Å². The summed E-state index contributed by atoms with van der Waals surface area (Å²) in [6, 6.07) is 4.92. The Labute approximate surface area is 106 Å². The first kappa shape index (κ1) is 12.5. The van der Waals surface area contributed by atoms with Crippen molar-refractivity contribution in [1.29, 1.82) is 0 Å². The van der Waals surface area contributed by atoms with E-state index in [1.165, 1.54) is 4.90 Å². The number of carbonyl (C=O) groups excluding carboxylic acids is 3. The van der Waals surface area contributed by atoms with E-state index in [4.69, 9.17) is 0 Å². The highest BCUT2D eigenvalue weighted by Crippen LogP contribution is 2.29. The maximum Gasteiger partial charge on any atom is 0.299 e. The summed E-state index contributed by atoms with van der Waals surface area (Å²) in [6.45, 7) is 4.20. The van der Waals surface area contributed by atoms with Crippen molar-refractivity contribution in [1.82, 2.24) is 0 Å². The van der Waals surface area contributed by atoms with Gasteiger partial charge in [0.15, 0.2) is 5.78 Å². The molecule has 0 spiro atoms. The molecule has 0 saturated heterocycles. The molecular formula is C14H15NO3. The number of hydrogen-bond donors (Lipinski definition) is 0. The van der Waals surface area contributed by atoms with Crippen LogP contribution in [0.2, 0.25) is 0 Å². The van der Waals surface area contributed by atoms with Gasteiger partial charge in [-0.3, -0.25) is 14.4 Å². The van der Waals surface area contributed by atoms with E-state index in [-0.39, 0.29) is 5.78 Å². The topological polar surface area (TPSA) is 54.5 Å². The molecule has 1 amide bonds. The van der Waals surface area contributed by atoms with Gasteiger partial charge in [-0.1, -0.05) is 6.92 Å². The van der Waals surface area contributed by atoms with Gasteiger partial charge in [0.2, 0.25) is 0 Å². The molecule has 1 aromatic carbocycles. The number of benzene rings is 1. The fourth-order valence-corrected chi connectivity index (χ4v) is 2.16. The molecule has 0 saturated carbocycles. The first-order chi connectivity index (χ1) is 8.60. The third-order valence-corrected chi connectivity index (χ3v) is 3.09. The van der Waals surface area contributed by atoms with Crippen molar-refractivity contribution in [2.24, 2.45) is 0 Å². The van der Waals surface area contributed by atoms with Gasteiger partial charge < -0.3 is 4.90 Å². The molecule has 0 fully saturated rings. The van der Waals surface area contributed by atoms with Crippen molar-refractivity contribution >= 4 is 23.2 Å². The second-order valence-corrected chi connectivity index (χ2v) is 4.28. The Bertz CT molecular complexity index is 534. The number of carbonyl (C=O) groups is 3. The number of nitrogens with zero attached hydrogens (tertiary/aromatic N) is 1. The second kappa shape index (κ2) is 4.72. The summed E-state index contributed by atoms with van der Waals surface area (Å²) < 4.78 is 0. The summed E-state index contributed by atoms with van der Waals surface area (Å²) in [5, 5.41) is 0. The van der Waals surface area contributed by atoms with Crippen molar-refractivity contribution in [3.8, 4) is 0 Å². The van der Waals surface area contributed by atoms with E-state index in [2.05, 4.69) is 0 Å². The SMILES string of the molecule is CCCC(=O)c1ccc2c(c1)C(=O)C(=O)N2CC. The number of Topliss-reactive ketones (excluding diaryl/α,β-unsaturated/α-hetero) is 2. The number of likely N-dealkylation sites (N-methyl/N-ethyl adjacent to an activating group) is 1. The zero-order valence-corrected chi connectivity index (χ0v) is 10.5. The summed E-state index contributed by atoms with van der Waals surface area (Å²) in [6.07, 6.45) is 1.22. The average Bonchev–Trinajstić information content (AvgIpc) is 2.62. The number of amides is 1. The summed E-state index contributed by atoms with van der Waals surface area (Å²) in [5.74, 6) is -1.01. The molecule has 1 heterocycles. The van der Waals surface area contributed by atoms with Crippen LogP contribution in [0.5, 0.6) is 0 Å². The lowest BCUT2D eigenvalue weighted by Gasteiger charge is -2.13. The summed E-state index contributed by atoms with van der Waals surface area (Å²) in [4.78, 5) is 36.7. The van der Waals surface area contributed by atoms with Crippen LogP contribution < -0.4 is 4.90 Å². The fourth-order valence-electron chi connectivity index (χ4n) is 2.16. The van der Waals surface area contributed by atoms with Crippen LogP contribution in [0, 0.1) is 0 Å². The first-order valence-electron chi connectivity index (χ1n) is 6.13. The van der Waals surface area contributed by atoms with E-state index in [1.807, 2.05) is 13.8 Å². The monoisotopic (exact) mass is 245 g/mol. The largest absolute Gasteiger partial charge is 0.305 e. The maximum absolute atomic E-state index is 11.8. The third kappa shape index (κ3) is 1.83. The summed E-state index contributed by atoms with van der Waals surface area (Å²) in [5.41, 5.74) is 1.47. The van der Waals surface area contributed by atoms with Gasteiger partial charge in [-0.05, 0) is 31.5 Å². The van der Waals surface area contributed by atoms with Gasteiger partial charge in [-0.2, -0.15) is 0 Å². The quantitative estimate of drug-likeness (QED) is 0.603. The van der Waals surface area contributed by atoms with Crippen molar-refractivity contribution in [2.75, 3.05) is 11.4 Å². The fraction of sp³-hybridized carbons (Fsp3) is 0.357. The van der Waals surface area contributed by atoms with Crippen molar-refractivity contribution in [3.63, 3.8) is 0 Å². The van der Waals surface area contributed by atoms with E-state index in [0.717, 1.165) is 6.42 Å². The van der Waals surface area contributed by atoms with E-state index in [1.54, 1.807) is 18.2 Å². The van der Waals surface area contributed by atoms with Gasteiger partial charge in [0, 0.05) is 18.5 Å². The molecule has 4 nitrogen and oxygen atoms in total. The molecule has 0 unspecified atom stereocenters. The first-order valence-corrected chi connectivity index (χ1v) is 6.13. The molecule has 0 N–H and O–H groups in total. The number of fused-ring (bicyclic) bond motifs is 1. The minimum atomic E-state index is -0.516. The zero-order chi connectivity index (χ0) is 13.3. The Morgan fingerprint density at radius 2 is 1.94 bits per heavy atom. The molecule has 0 aromatic heterocycles. The van der Waals surface area contributed by atoms with Crippen molar-refractivity contribution in [3.05, 3.63) is 29.3 Å². The minimum Gasteiger partial charge on any atom is -0.305 e. The lowest BCUT2D eigenvalue weighted by Crippen LogP contribution is -2.29. The van der Waals surface area contributed by atoms with Crippen LogP contribution >= 0.6 is 0 Å². The van der Waals surface area contributed by atoms with Gasteiger partial charge >= 0.3 is 0 Å². The van der Waals surface area contributed by atoms with Crippen LogP contribution in [-0.2, 0) is 4.79 Å². The van der Waals surface area contributed by atoms with Crippen LogP contribution in [0.25, 0.3) is 0 Å². The summed E-state index contributed by atoms with van der Waals surface area (Å²) >= 11 is 0. The van der Waals surface area contributed by atoms with Crippen LogP contribution in [0.1, 0.15) is 47.4 Å². The molecule has 2 rings (SSSR count). The average molecular weight is 245 g/mol. The van der Waals surface area contributed by atoms with Crippen molar-refractivity contribution < 1.29 is 14.4 Å². The lowest BCUT2D eigenvalue weighted by molar-refractivity contribution is -0.114. The molecule has 1 aromatic rings. The third-order valence-electron chi connectivity index (χ3n) is 3.09. The molecule has 0 bridgehead atoms. The molecule has 0 aliphatic carbocycles. The Hall–Kier alpha value is -1.97. The number of hydrogen-bond acceptors (Lipinski definition) is 3. The summed E-state index contributed by atoms with van der Waals surface area (Å²) in [7, 11) is 0. The number of ketones is 2. The molecule has 94 valence electrons. The normalized spacial score (nSPS) is 14.0. The van der Waals surface area contributed by atoms with Gasteiger partial charge in [-0.15, -0.1) is 0 Å². The van der Waals surface area contributed by atoms with Gasteiger partial charge in [0.1, 0.15) is 0 Å².